The number of thiophene rings is 1. The van der Waals surface area contributed by atoms with Crippen LogP contribution < -0.4 is 5.32 Å². The number of carbonyl (C=O) groups excluding carboxylic acids is 2. The molecule has 2 heterocycles. The number of piperazine rings is 1. The van der Waals surface area contributed by atoms with E-state index in [1.165, 1.54) is 29.5 Å². The molecule has 0 spiro atoms. The Hall–Kier alpha value is -2.43. The van der Waals surface area contributed by atoms with Crippen LogP contribution >= 0.6 is 46.1 Å². The lowest BCUT2D eigenvalue weighted by Gasteiger charge is -2.34. The zero-order valence-corrected chi connectivity index (χ0v) is 20.1. The van der Waals surface area contributed by atoms with Crippen molar-refractivity contribution in [1.29, 1.82) is 0 Å². The first-order valence-electron chi connectivity index (χ1n) is 9.86. The quantitative estimate of drug-likeness (QED) is 0.365. The van der Waals surface area contributed by atoms with Crippen LogP contribution in [0.4, 0.5) is 11.4 Å². The van der Waals surface area contributed by atoms with Crippen LogP contribution in [0.15, 0.2) is 36.4 Å². The molecule has 12 heteroatoms. The van der Waals surface area contributed by atoms with Crippen LogP contribution in [0, 0.1) is 10.1 Å². The number of hydrogen-bond donors (Lipinski definition) is 1. The summed E-state index contributed by atoms with van der Waals surface area (Å²) in [5, 5.41) is 15.5. The van der Waals surface area contributed by atoms with Crippen molar-refractivity contribution in [2.45, 2.75) is 0 Å². The van der Waals surface area contributed by atoms with Gasteiger partial charge in [-0.15, -0.1) is 11.3 Å². The minimum Gasteiger partial charge on any atom is -0.335 e. The first-order valence-corrected chi connectivity index (χ1v) is 11.8. The standard InChI is InChI=1S/C21H17Cl3N4O4S/c22-12-1-3-14-17(9-12)33-20(19(14)24)21(30)27-7-5-26(6-8-27)11-18(29)25-13-2-4-15(23)16(10-13)28(31)32/h1-4,9-10H,5-8,11H2,(H,25,29). The van der Waals surface area contributed by atoms with Crippen LogP contribution in [0.1, 0.15) is 9.67 Å². The maximum absolute atomic E-state index is 13.0. The zero-order chi connectivity index (χ0) is 23.7. The van der Waals surface area contributed by atoms with Gasteiger partial charge in [0.1, 0.15) is 9.90 Å². The van der Waals surface area contributed by atoms with E-state index in [0.717, 1.165) is 10.1 Å². The summed E-state index contributed by atoms with van der Waals surface area (Å²) >= 11 is 19.6. The Bertz CT molecular complexity index is 1260. The van der Waals surface area contributed by atoms with Gasteiger partial charge in [-0.3, -0.25) is 24.6 Å². The molecule has 1 aliphatic rings. The van der Waals surface area contributed by atoms with Gasteiger partial charge in [-0.1, -0.05) is 40.9 Å². The van der Waals surface area contributed by atoms with Gasteiger partial charge in [0, 0.05) is 53.0 Å². The first-order chi connectivity index (χ1) is 15.7. The van der Waals surface area contributed by atoms with Gasteiger partial charge in [-0.25, -0.2) is 0 Å². The second kappa shape index (κ2) is 9.82. The fraction of sp³-hybridized carbons (Fsp3) is 0.238. The maximum atomic E-state index is 13.0. The fourth-order valence-corrected chi connectivity index (χ4v) is 5.51. The molecule has 1 N–H and O–H groups in total. The fourth-order valence-electron chi connectivity index (χ4n) is 3.56. The molecule has 8 nitrogen and oxygen atoms in total. The highest BCUT2D eigenvalue weighted by Crippen LogP contribution is 2.37. The number of amides is 2. The highest BCUT2D eigenvalue weighted by Gasteiger charge is 2.27. The van der Waals surface area contributed by atoms with Crippen molar-refractivity contribution in [3.05, 3.63) is 66.5 Å². The predicted molar refractivity (Wildman–Crippen MR) is 131 cm³/mol. The van der Waals surface area contributed by atoms with Gasteiger partial charge in [-0.2, -0.15) is 0 Å². The Labute approximate surface area is 207 Å². The number of nitrogens with zero attached hydrogens (tertiary/aromatic N) is 3. The van der Waals surface area contributed by atoms with Crippen LogP contribution in [-0.4, -0.2) is 59.3 Å². The predicted octanol–water partition coefficient (Wildman–Crippen LogP) is 5.17. The van der Waals surface area contributed by atoms with Crippen molar-refractivity contribution < 1.29 is 14.5 Å². The van der Waals surface area contributed by atoms with Gasteiger partial charge in [0.25, 0.3) is 11.6 Å². The van der Waals surface area contributed by atoms with E-state index < -0.39 is 4.92 Å². The number of halogens is 3. The van der Waals surface area contributed by atoms with E-state index >= 15 is 0 Å². The van der Waals surface area contributed by atoms with Gasteiger partial charge in [-0.05, 0) is 24.3 Å². The summed E-state index contributed by atoms with van der Waals surface area (Å²) in [5.74, 6) is -0.453. The summed E-state index contributed by atoms with van der Waals surface area (Å²) in [6, 6.07) is 9.43. The number of nitro benzene ring substituents is 1. The average Bonchev–Trinajstić information content (AvgIpc) is 3.10. The van der Waals surface area contributed by atoms with Crippen LogP contribution in [0.2, 0.25) is 15.1 Å². The van der Waals surface area contributed by atoms with Crippen molar-refractivity contribution in [1.82, 2.24) is 9.80 Å². The number of benzene rings is 2. The molecular formula is C21H17Cl3N4O4S. The third kappa shape index (κ3) is 5.23. The molecule has 0 saturated carbocycles. The molecule has 0 bridgehead atoms. The molecule has 0 unspecified atom stereocenters. The molecule has 2 amide bonds. The third-order valence-corrected chi connectivity index (χ3v) is 7.44. The number of hydrogen-bond acceptors (Lipinski definition) is 6. The summed E-state index contributed by atoms with van der Waals surface area (Å²) in [6.45, 7) is 2.01. The molecule has 3 aromatic rings. The molecule has 2 aromatic carbocycles. The second-order valence-corrected chi connectivity index (χ2v) is 9.70. The van der Waals surface area contributed by atoms with Crippen molar-refractivity contribution >= 4 is 79.4 Å². The van der Waals surface area contributed by atoms with Crippen molar-refractivity contribution in [3.63, 3.8) is 0 Å². The van der Waals surface area contributed by atoms with Crippen LogP contribution in [0.5, 0.6) is 0 Å². The number of rotatable bonds is 5. The average molecular weight is 528 g/mol. The minimum absolute atomic E-state index is 0.000579. The normalized spacial score (nSPS) is 14.5. The van der Waals surface area contributed by atoms with Gasteiger partial charge >= 0.3 is 0 Å². The second-order valence-electron chi connectivity index (χ2n) is 7.43. The monoisotopic (exact) mass is 526 g/mol. The molecule has 1 aromatic heterocycles. The zero-order valence-electron chi connectivity index (χ0n) is 17.0. The SMILES string of the molecule is O=C(CN1CCN(C(=O)c2sc3cc(Cl)ccc3c2Cl)CC1)Nc1ccc(Cl)c([N+](=O)[O-])c1. The smallest absolute Gasteiger partial charge is 0.289 e. The van der Waals surface area contributed by atoms with Gasteiger partial charge < -0.3 is 10.2 Å². The molecule has 0 radical (unpaired) electrons. The molecular weight excluding hydrogens is 511 g/mol. The number of fused-ring (bicyclic) bond motifs is 1. The van der Waals surface area contributed by atoms with E-state index in [1.54, 1.807) is 23.1 Å². The highest BCUT2D eigenvalue weighted by molar-refractivity contribution is 7.21. The molecule has 33 heavy (non-hydrogen) atoms. The summed E-state index contributed by atoms with van der Waals surface area (Å²) in [5.41, 5.74) is 0.0215. The molecule has 0 atom stereocenters. The van der Waals surface area contributed by atoms with Crippen molar-refractivity contribution in [3.8, 4) is 0 Å². The largest absolute Gasteiger partial charge is 0.335 e. The topological polar surface area (TPSA) is 95.8 Å². The first kappa shape index (κ1) is 23.7. The Morgan fingerprint density at radius 3 is 2.48 bits per heavy atom. The molecule has 0 aliphatic carbocycles. The summed E-state index contributed by atoms with van der Waals surface area (Å²) in [4.78, 5) is 39.9. The maximum Gasteiger partial charge on any atom is 0.289 e. The van der Waals surface area contributed by atoms with Gasteiger partial charge in [0.05, 0.1) is 16.5 Å². The van der Waals surface area contributed by atoms with Crippen LogP contribution in [-0.2, 0) is 4.79 Å². The molecule has 1 fully saturated rings. The number of nitrogens with one attached hydrogen (secondary N) is 1. The Kier molecular flexibility index (Phi) is 7.06. The van der Waals surface area contributed by atoms with E-state index in [4.69, 9.17) is 34.8 Å². The summed E-state index contributed by atoms with van der Waals surface area (Å²) in [7, 11) is 0. The summed E-state index contributed by atoms with van der Waals surface area (Å²) in [6.07, 6.45) is 0. The van der Waals surface area contributed by atoms with Crippen molar-refractivity contribution in [2.75, 3.05) is 38.0 Å². The Morgan fingerprint density at radius 1 is 1.06 bits per heavy atom. The number of nitro groups is 1. The Morgan fingerprint density at radius 2 is 1.79 bits per heavy atom. The van der Waals surface area contributed by atoms with E-state index in [9.17, 15) is 19.7 Å². The lowest BCUT2D eigenvalue weighted by atomic mass is 10.2. The Balaban J connectivity index is 1.34. The summed E-state index contributed by atoms with van der Waals surface area (Å²) < 4.78 is 0.855. The molecule has 1 saturated heterocycles. The minimum atomic E-state index is -0.606. The van der Waals surface area contributed by atoms with Crippen LogP contribution in [0.3, 0.4) is 0 Å². The third-order valence-electron chi connectivity index (χ3n) is 5.24. The van der Waals surface area contributed by atoms with Crippen molar-refractivity contribution in [2.24, 2.45) is 0 Å². The van der Waals surface area contributed by atoms with E-state index in [1.807, 2.05) is 4.90 Å². The molecule has 172 valence electrons. The van der Waals surface area contributed by atoms with Crippen LogP contribution in [0.25, 0.3) is 10.1 Å². The van der Waals surface area contributed by atoms with E-state index in [0.29, 0.717) is 46.8 Å². The lowest BCUT2D eigenvalue weighted by molar-refractivity contribution is -0.384. The molecule has 1 aliphatic heterocycles. The number of anilines is 1. The van der Waals surface area contributed by atoms with Gasteiger partial charge in [0.15, 0.2) is 0 Å². The lowest BCUT2D eigenvalue weighted by Crippen LogP contribution is -2.50. The molecule has 4 rings (SSSR count). The number of carbonyl (C=O) groups is 2. The van der Waals surface area contributed by atoms with E-state index in [2.05, 4.69) is 5.32 Å². The van der Waals surface area contributed by atoms with Gasteiger partial charge in [0.2, 0.25) is 5.91 Å². The highest BCUT2D eigenvalue weighted by atomic mass is 35.5. The van der Waals surface area contributed by atoms with E-state index in [-0.39, 0.29) is 29.1 Å².